The van der Waals surface area contributed by atoms with Crippen molar-refractivity contribution in [3.63, 3.8) is 0 Å². The molecule has 2 aromatic carbocycles. The highest BCUT2D eigenvalue weighted by Gasteiger charge is 2.37. The van der Waals surface area contributed by atoms with Crippen LogP contribution in [0.25, 0.3) is 0 Å². The van der Waals surface area contributed by atoms with Crippen molar-refractivity contribution in [1.29, 1.82) is 0 Å². The summed E-state index contributed by atoms with van der Waals surface area (Å²) in [5.74, 6) is -1.14. The summed E-state index contributed by atoms with van der Waals surface area (Å²) in [6.45, 7) is 1.04. The molecule has 2 aromatic rings. The number of nitrogens with zero attached hydrogens (tertiary/aromatic N) is 1. The van der Waals surface area contributed by atoms with E-state index in [2.05, 4.69) is 4.72 Å². The maximum atomic E-state index is 13.6. The summed E-state index contributed by atoms with van der Waals surface area (Å²) in [6, 6.07) is 4.78. The lowest BCUT2D eigenvalue weighted by Gasteiger charge is -2.25. The van der Waals surface area contributed by atoms with Crippen LogP contribution in [0.5, 0.6) is 11.5 Å². The molecule has 0 radical (unpaired) electrons. The fraction of sp³-hybridized carbons (Fsp3) is 0.520. The number of anilines is 1. The Hall–Kier alpha value is -2.67. The Bertz CT molecular complexity index is 1240. The minimum Gasteiger partial charge on any atom is -0.490 e. The molecule has 1 unspecified atom stereocenters. The fourth-order valence-electron chi connectivity index (χ4n) is 4.67. The van der Waals surface area contributed by atoms with Crippen molar-refractivity contribution in [3.05, 3.63) is 47.5 Å². The fourth-order valence-corrected chi connectivity index (χ4v) is 5.73. The zero-order valence-corrected chi connectivity index (χ0v) is 21.3. The monoisotopic (exact) mass is 566 g/mol. The molecule has 2 fully saturated rings. The summed E-state index contributed by atoms with van der Waals surface area (Å²) >= 11 is 0. The minimum absolute atomic E-state index is 0.228. The molecule has 0 spiro atoms. The Morgan fingerprint density at radius 2 is 1.39 bits per heavy atom. The summed E-state index contributed by atoms with van der Waals surface area (Å²) in [6.07, 6.45) is -6.36. The van der Waals surface area contributed by atoms with Gasteiger partial charge in [0.2, 0.25) is 0 Å². The van der Waals surface area contributed by atoms with Crippen LogP contribution in [0.4, 0.5) is 32.0 Å². The summed E-state index contributed by atoms with van der Waals surface area (Å²) in [5, 5.41) is 0. The molecule has 38 heavy (non-hydrogen) atoms. The summed E-state index contributed by atoms with van der Waals surface area (Å²) in [7, 11) is -2.68. The molecule has 0 aromatic heterocycles. The van der Waals surface area contributed by atoms with Crippen LogP contribution in [0.1, 0.15) is 49.7 Å². The van der Waals surface area contributed by atoms with Gasteiger partial charge in [-0.2, -0.15) is 26.3 Å². The van der Waals surface area contributed by atoms with Gasteiger partial charge in [0, 0.05) is 25.2 Å². The molecule has 0 amide bonds. The van der Waals surface area contributed by atoms with E-state index in [-0.39, 0.29) is 5.69 Å². The molecule has 0 bridgehead atoms. The van der Waals surface area contributed by atoms with E-state index in [1.807, 2.05) is 4.90 Å². The van der Waals surface area contributed by atoms with Gasteiger partial charge in [-0.3, -0.25) is 4.72 Å². The summed E-state index contributed by atoms with van der Waals surface area (Å²) in [5.41, 5.74) is -2.39. The van der Waals surface area contributed by atoms with Gasteiger partial charge in [-0.1, -0.05) is 6.42 Å². The number of alkyl halides is 6. The zero-order chi connectivity index (χ0) is 27.7. The zero-order valence-electron chi connectivity index (χ0n) is 20.5. The van der Waals surface area contributed by atoms with Crippen molar-refractivity contribution >= 4 is 15.7 Å². The maximum Gasteiger partial charge on any atom is 0.419 e. The highest BCUT2D eigenvalue weighted by atomic mass is 32.2. The van der Waals surface area contributed by atoms with E-state index < -0.39 is 62.1 Å². The number of rotatable bonds is 7. The van der Waals surface area contributed by atoms with E-state index in [0.717, 1.165) is 43.5 Å². The molecule has 13 heteroatoms. The number of hydrogen-bond donors (Lipinski definition) is 1. The number of nitrogens with one attached hydrogen (secondary N) is 1. The van der Waals surface area contributed by atoms with Crippen LogP contribution in [-0.2, 0) is 22.4 Å². The van der Waals surface area contributed by atoms with Gasteiger partial charge in [0.25, 0.3) is 10.0 Å². The minimum atomic E-state index is -4.77. The molecular formula is C25H28F6N2O4S. The second-order valence-electron chi connectivity index (χ2n) is 9.64. The molecule has 2 aliphatic rings. The predicted molar refractivity (Wildman–Crippen MR) is 128 cm³/mol. The number of ether oxygens (including phenoxy) is 2. The lowest BCUT2D eigenvalue weighted by atomic mass is 9.97. The van der Waals surface area contributed by atoms with Gasteiger partial charge in [-0.05, 0) is 63.4 Å². The average Bonchev–Trinajstić information content (AvgIpc) is 3.22. The first-order chi connectivity index (χ1) is 17.7. The molecule has 1 heterocycles. The first-order valence-electron chi connectivity index (χ1n) is 12.2. The maximum absolute atomic E-state index is 13.6. The summed E-state index contributed by atoms with van der Waals surface area (Å²) in [4.78, 5) is 1.37. The molecule has 210 valence electrons. The SMILES string of the molecule is CN1CCC(Oc2cc(NS(=O)(=O)c3ccc(C(F)(F)F)c(OC4CCCCC4)c3)ccc2C(F)(F)F)C1. The number of likely N-dealkylation sites (tertiary alicyclic amines) is 1. The third kappa shape index (κ3) is 6.85. The number of likely N-dealkylation sites (N-methyl/N-ethyl adjacent to an activating group) is 1. The van der Waals surface area contributed by atoms with Gasteiger partial charge in [-0.25, -0.2) is 8.42 Å². The highest BCUT2D eigenvalue weighted by Crippen LogP contribution is 2.41. The Balaban J connectivity index is 1.62. The van der Waals surface area contributed by atoms with Crippen molar-refractivity contribution in [2.24, 2.45) is 0 Å². The molecular weight excluding hydrogens is 538 g/mol. The van der Waals surface area contributed by atoms with Gasteiger partial charge in [0.15, 0.2) is 0 Å². The smallest absolute Gasteiger partial charge is 0.419 e. The standard InChI is InChI=1S/C25H28F6N2O4S/c1-33-12-11-18(15-33)37-22-13-16(7-9-20(22)24(26,27)28)32-38(34,35)19-8-10-21(25(29,30)31)23(14-19)36-17-5-3-2-4-6-17/h7-10,13-14,17-18,32H,2-6,11-12,15H2,1H3. The second-order valence-corrected chi connectivity index (χ2v) is 11.3. The van der Waals surface area contributed by atoms with Crippen LogP contribution in [0, 0.1) is 0 Å². The van der Waals surface area contributed by atoms with Crippen molar-refractivity contribution < 1.29 is 44.2 Å². The first kappa shape index (κ1) is 28.3. The van der Waals surface area contributed by atoms with Crippen molar-refractivity contribution in [1.82, 2.24) is 4.90 Å². The largest absolute Gasteiger partial charge is 0.490 e. The molecule has 1 aliphatic heterocycles. The van der Waals surface area contributed by atoms with Gasteiger partial charge < -0.3 is 14.4 Å². The third-order valence-electron chi connectivity index (χ3n) is 6.60. The van der Waals surface area contributed by atoms with Gasteiger partial charge in [-0.15, -0.1) is 0 Å². The van der Waals surface area contributed by atoms with E-state index in [9.17, 15) is 34.8 Å². The lowest BCUT2D eigenvalue weighted by Crippen LogP contribution is -2.23. The second kappa shape index (κ2) is 10.8. The topological polar surface area (TPSA) is 67.9 Å². The van der Waals surface area contributed by atoms with E-state index in [0.29, 0.717) is 44.5 Å². The van der Waals surface area contributed by atoms with Crippen LogP contribution >= 0.6 is 0 Å². The van der Waals surface area contributed by atoms with Crippen LogP contribution in [-0.4, -0.2) is 45.7 Å². The Labute approximate surface area is 217 Å². The molecule has 1 aliphatic carbocycles. The van der Waals surface area contributed by atoms with Gasteiger partial charge in [0.1, 0.15) is 17.6 Å². The third-order valence-corrected chi connectivity index (χ3v) is 7.97. The highest BCUT2D eigenvalue weighted by molar-refractivity contribution is 7.92. The Kier molecular flexibility index (Phi) is 8.08. The van der Waals surface area contributed by atoms with Gasteiger partial charge in [0.05, 0.1) is 27.8 Å². The Morgan fingerprint density at radius 1 is 0.816 bits per heavy atom. The molecule has 1 atom stereocenters. The molecule has 6 nitrogen and oxygen atoms in total. The van der Waals surface area contributed by atoms with E-state index >= 15 is 0 Å². The molecule has 1 saturated carbocycles. The summed E-state index contributed by atoms with van der Waals surface area (Å²) < 4.78 is 121. The van der Waals surface area contributed by atoms with Gasteiger partial charge >= 0.3 is 12.4 Å². The normalized spacial score (nSPS) is 19.9. The number of sulfonamides is 1. The van der Waals surface area contributed by atoms with Crippen LogP contribution in [0.3, 0.4) is 0 Å². The number of halogens is 6. The van der Waals surface area contributed by atoms with Crippen molar-refractivity contribution in [2.45, 2.75) is 68.0 Å². The predicted octanol–water partition coefficient (Wildman–Crippen LogP) is 6.32. The van der Waals surface area contributed by atoms with Crippen molar-refractivity contribution in [3.8, 4) is 11.5 Å². The Morgan fingerprint density at radius 3 is 1.97 bits per heavy atom. The number of hydrogen-bond acceptors (Lipinski definition) is 5. The number of benzene rings is 2. The lowest BCUT2D eigenvalue weighted by molar-refractivity contribution is -0.140. The average molecular weight is 567 g/mol. The molecule has 1 saturated heterocycles. The van der Waals surface area contributed by atoms with E-state index in [1.165, 1.54) is 0 Å². The van der Waals surface area contributed by atoms with Crippen LogP contribution in [0.15, 0.2) is 41.3 Å². The first-order valence-corrected chi connectivity index (χ1v) is 13.7. The molecule has 1 N–H and O–H groups in total. The van der Waals surface area contributed by atoms with E-state index in [1.54, 1.807) is 7.05 Å². The van der Waals surface area contributed by atoms with Crippen molar-refractivity contribution in [2.75, 3.05) is 24.9 Å². The van der Waals surface area contributed by atoms with E-state index in [4.69, 9.17) is 9.47 Å². The molecule has 4 rings (SSSR count). The van der Waals surface area contributed by atoms with Crippen LogP contribution < -0.4 is 14.2 Å². The quantitative estimate of drug-likeness (QED) is 0.398. The van der Waals surface area contributed by atoms with Crippen LogP contribution in [0.2, 0.25) is 0 Å².